The van der Waals surface area contributed by atoms with Gasteiger partial charge in [-0.25, -0.2) is 8.42 Å². The van der Waals surface area contributed by atoms with Crippen LogP contribution >= 0.6 is 27.3 Å². The highest BCUT2D eigenvalue weighted by Crippen LogP contribution is 2.35. The zero-order chi connectivity index (χ0) is 19.2. The predicted molar refractivity (Wildman–Crippen MR) is 102 cm³/mol. The molecule has 11 heteroatoms. The van der Waals surface area contributed by atoms with Gasteiger partial charge in [-0.2, -0.15) is 4.31 Å². The fourth-order valence-corrected chi connectivity index (χ4v) is 4.93. The molecule has 1 aliphatic heterocycles. The van der Waals surface area contributed by atoms with Gasteiger partial charge in [-0.15, -0.1) is 10.2 Å². The summed E-state index contributed by atoms with van der Waals surface area (Å²) in [6.45, 7) is 0. The number of sulfonamides is 1. The van der Waals surface area contributed by atoms with Crippen molar-refractivity contribution in [3.05, 3.63) is 63.6 Å². The third-order valence-corrected chi connectivity index (χ3v) is 6.70. The average molecular weight is 465 g/mol. The largest absolute Gasteiger partial charge is 0.296 e. The SMILES string of the molecule is O=C(Nc1nncs1)c1ccc2c(c1)S(=O)(=O)N(c1ccc(Br)cc1)C2=O. The number of halogens is 1. The van der Waals surface area contributed by atoms with Crippen LogP contribution in [0.3, 0.4) is 0 Å². The minimum Gasteiger partial charge on any atom is -0.296 e. The van der Waals surface area contributed by atoms with E-state index in [9.17, 15) is 18.0 Å². The number of nitrogens with one attached hydrogen (secondary N) is 1. The molecule has 8 nitrogen and oxygen atoms in total. The molecule has 0 unspecified atom stereocenters. The molecule has 0 saturated heterocycles. The molecular formula is C16H9BrN4O4S2. The predicted octanol–water partition coefficient (Wildman–Crippen LogP) is 2.90. The number of hydrogen-bond acceptors (Lipinski definition) is 7. The van der Waals surface area contributed by atoms with E-state index >= 15 is 0 Å². The molecule has 2 amide bonds. The molecule has 0 saturated carbocycles. The Kier molecular flexibility index (Phi) is 4.29. The van der Waals surface area contributed by atoms with E-state index in [4.69, 9.17) is 0 Å². The molecule has 0 fully saturated rings. The van der Waals surface area contributed by atoms with E-state index in [-0.39, 0.29) is 26.8 Å². The van der Waals surface area contributed by atoms with Crippen molar-refractivity contribution in [3.63, 3.8) is 0 Å². The number of benzene rings is 2. The van der Waals surface area contributed by atoms with Gasteiger partial charge < -0.3 is 0 Å². The maximum atomic E-state index is 12.9. The molecule has 1 N–H and O–H groups in total. The number of amides is 2. The fraction of sp³-hybridized carbons (Fsp3) is 0. The van der Waals surface area contributed by atoms with Gasteiger partial charge in [-0.05, 0) is 42.5 Å². The van der Waals surface area contributed by atoms with Gasteiger partial charge in [0, 0.05) is 10.0 Å². The fourth-order valence-electron chi connectivity index (χ4n) is 2.60. The van der Waals surface area contributed by atoms with Crippen LogP contribution in [-0.2, 0) is 10.0 Å². The summed E-state index contributed by atoms with van der Waals surface area (Å²) in [5, 5.41) is 10.1. The van der Waals surface area contributed by atoms with Crippen LogP contribution < -0.4 is 9.62 Å². The molecule has 27 heavy (non-hydrogen) atoms. The Labute approximate surface area is 166 Å². The van der Waals surface area contributed by atoms with Crippen molar-refractivity contribution < 1.29 is 18.0 Å². The van der Waals surface area contributed by atoms with E-state index in [2.05, 4.69) is 31.4 Å². The van der Waals surface area contributed by atoms with Crippen LogP contribution in [0.4, 0.5) is 10.8 Å². The number of anilines is 2. The number of rotatable bonds is 3. The van der Waals surface area contributed by atoms with Crippen LogP contribution in [0.2, 0.25) is 0 Å². The highest BCUT2D eigenvalue weighted by Gasteiger charge is 2.42. The summed E-state index contributed by atoms with van der Waals surface area (Å²) in [5.74, 6) is -1.21. The average Bonchev–Trinajstić information content (AvgIpc) is 3.21. The number of fused-ring (bicyclic) bond motifs is 1. The monoisotopic (exact) mass is 464 g/mol. The Morgan fingerprint density at radius 2 is 1.89 bits per heavy atom. The summed E-state index contributed by atoms with van der Waals surface area (Å²) in [6.07, 6.45) is 0. The highest BCUT2D eigenvalue weighted by molar-refractivity contribution is 9.10. The number of carbonyl (C=O) groups excluding carboxylic acids is 2. The third-order valence-electron chi connectivity index (χ3n) is 3.82. The summed E-state index contributed by atoms with van der Waals surface area (Å²) in [6, 6.07) is 10.3. The highest BCUT2D eigenvalue weighted by atomic mass is 79.9. The summed E-state index contributed by atoms with van der Waals surface area (Å²) < 4.78 is 27.3. The normalized spacial score (nSPS) is 14.9. The van der Waals surface area contributed by atoms with Crippen molar-refractivity contribution in [1.82, 2.24) is 10.2 Å². The lowest BCUT2D eigenvalue weighted by molar-refractivity contribution is 0.100. The van der Waals surface area contributed by atoms with Gasteiger partial charge in [0.1, 0.15) is 10.4 Å². The molecule has 2 heterocycles. The van der Waals surface area contributed by atoms with E-state index in [1.54, 1.807) is 12.1 Å². The maximum absolute atomic E-state index is 12.9. The van der Waals surface area contributed by atoms with Gasteiger partial charge in [0.2, 0.25) is 5.13 Å². The molecule has 0 atom stereocenters. The summed E-state index contributed by atoms with van der Waals surface area (Å²) >= 11 is 4.40. The number of nitrogens with zero attached hydrogens (tertiary/aromatic N) is 3. The lowest BCUT2D eigenvalue weighted by atomic mass is 10.1. The first-order valence-corrected chi connectivity index (χ1v) is 10.6. The molecule has 0 bridgehead atoms. The molecular weight excluding hydrogens is 456 g/mol. The molecule has 0 spiro atoms. The molecule has 136 valence electrons. The minimum atomic E-state index is -4.12. The molecule has 0 aliphatic carbocycles. The van der Waals surface area contributed by atoms with E-state index in [0.29, 0.717) is 0 Å². The lowest BCUT2D eigenvalue weighted by Crippen LogP contribution is -2.29. The van der Waals surface area contributed by atoms with Crippen LogP contribution in [0.1, 0.15) is 20.7 Å². The van der Waals surface area contributed by atoms with Gasteiger partial charge in [0.15, 0.2) is 0 Å². The second-order valence-electron chi connectivity index (χ2n) is 5.46. The zero-order valence-electron chi connectivity index (χ0n) is 13.3. The lowest BCUT2D eigenvalue weighted by Gasteiger charge is -2.15. The van der Waals surface area contributed by atoms with E-state index in [0.717, 1.165) is 20.1 Å². The number of hydrogen-bond donors (Lipinski definition) is 1. The Bertz CT molecular complexity index is 1160. The minimum absolute atomic E-state index is 0.0189. The van der Waals surface area contributed by atoms with Crippen molar-refractivity contribution in [3.8, 4) is 0 Å². The first kappa shape index (κ1) is 17.8. The van der Waals surface area contributed by atoms with Crippen LogP contribution in [0, 0.1) is 0 Å². The first-order chi connectivity index (χ1) is 12.9. The van der Waals surface area contributed by atoms with Crippen LogP contribution in [-0.4, -0.2) is 30.4 Å². The summed E-state index contributed by atoms with van der Waals surface area (Å²) in [4.78, 5) is 24.8. The second-order valence-corrected chi connectivity index (χ2v) is 8.96. The van der Waals surface area contributed by atoms with E-state index in [1.165, 1.54) is 35.8 Å². The van der Waals surface area contributed by atoms with E-state index in [1.807, 2.05) is 0 Å². The van der Waals surface area contributed by atoms with Crippen LogP contribution in [0.5, 0.6) is 0 Å². The van der Waals surface area contributed by atoms with Crippen molar-refractivity contribution in [2.75, 3.05) is 9.62 Å². The molecule has 0 radical (unpaired) electrons. The topological polar surface area (TPSA) is 109 Å². The summed E-state index contributed by atoms with van der Waals surface area (Å²) in [5.41, 5.74) is 1.79. The van der Waals surface area contributed by atoms with Gasteiger partial charge in [0.05, 0.1) is 11.3 Å². The first-order valence-electron chi connectivity index (χ1n) is 7.45. The Hall–Kier alpha value is -2.63. The molecule has 2 aromatic carbocycles. The quantitative estimate of drug-likeness (QED) is 0.637. The van der Waals surface area contributed by atoms with Gasteiger partial charge in [0.25, 0.3) is 21.8 Å². The van der Waals surface area contributed by atoms with Crippen molar-refractivity contribution in [2.45, 2.75) is 4.90 Å². The van der Waals surface area contributed by atoms with Crippen molar-refractivity contribution in [2.24, 2.45) is 0 Å². The number of carbonyl (C=O) groups is 2. The standard InChI is InChI=1S/C16H9BrN4O4S2/c17-10-2-4-11(5-3-10)21-15(23)12-6-1-9(7-13(12)27(21,24)25)14(22)19-16-20-18-8-26-16/h1-8H,(H,19,20,22). The molecule has 3 aromatic rings. The van der Waals surface area contributed by atoms with Gasteiger partial charge in [-0.3, -0.25) is 14.9 Å². The smallest absolute Gasteiger partial charge is 0.273 e. The zero-order valence-corrected chi connectivity index (χ0v) is 16.5. The van der Waals surface area contributed by atoms with Crippen LogP contribution in [0.15, 0.2) is 57.3 Å². The van der Waals surface area contributed by atoms with E-state index < -0.39 is 21.8 Å². The Morgan fingerprint density at radius 1 is 1.15 bits per heavy atom. The second kappa shape index (κ2) is 6.51. The maximum Gasteiger partial charge on any atom is 0.273 e. The summed E-state index contributed by atoms with van der Waals surface area (Å²) in [7, 11) is -4.12. The third kappa shape index (κ3) is 3.03. The van der Waals surface area contributed by atoms with Crippen LogP contribution in [0.25, 0.3) is 0 Å². The van der Waals surface area contributed by atoms with Gasteiger partial charge in [-0.1, -0.05) is 27.3 Å². The Balaban J connectivity index is 1.73. The van der Waals surface area contributed by atoms with Gasteiger partial charge >= 0.3 is 0 Å². The Morgan fingerprint density at radius 3 is 2.56 bits per heavy atom. The van der Waals surface area contributed by atoms with Crippen molar-refractivity contribution >= 4 is 59.9 Å². The van der Waals surface area contributed by atoms with Crippen molar-refractivity contribution in [1.29, 1.82) is 0 Å². The molecule has 4 rings (SSSR count). The molecule has 1 aromatic heterocycles. The molecule has 1 aliphatic rings. The number of aromatic nitrogens is 2.